The molecule has 23 heavy (non-hydrogen) atoms. The van der Waals surface area contributed by atoms with E-state index in [0.717, 1.165) is 17.8 Å². The number of nitrogens with one attached hydrogen (secondary N) is 1. The summed E-state index contributed by atoms with van der Waals surface area (Å²) in [6, 6.07) is 3.71. The van der Waals surface area contributed by atoms with Gasteiger partial charge in [0.15, 0.2) is 5.82 Å². The molecule has 0 atom stereocenters. The zero-order chi connectivity index (χ0) is 17.0. The summed E-state index contributed by atoms with van der Waals surface area (Å²) in [6.45, 7) is 1.75. The first-order chi connectivity index (χ1) is 10.9. The van der Waals surface area contributed by atoms with E-state index in [-0.39, 0.29) is 27.9 Å². The molecule has 1 aromatic heterocycles. The van der Waals surface area contributed by atoms with Gasteiger partial charge in [0.05, 0.1) is 22.0 Å². The molecular formula is C12H10F2N4O4S. The Morgan fingerprint density at radius 3 is 2.83 bits per heavy atom. The lowest BCUT2D eigenvalue weighted by atomic mass is 10.2. The standard InChI is InChI=1S/C12H10F2N4O4S/c1-2-22-11(19)6-3-4-8(7(5-6)18(20)21)23-12-15-10(9(13)14)16-17-12/h3-5,9H,2H2,1H3,(H,15,16,17). The zero-order valence-electron chi connectivity index (χ0n) is 11.7. The van der Waals surface area contributed by atoms with Crippen molar-refractivity contribution in [2.45, 2.75) is 23.4 Å². The molecular weight excluding hydrogens is 334 g/mol. The van der Waals surface area contributed by atoms with E-state index in [1.54, 1.807) is 6.92 Å². The number of carbonyl (C=O) groups excluding carboxylic acids is 1. The minimum atomic E-state index is -2.82. The van der Waals surface area contributed by atoms with Crippen LogP contribution in [0.4, 0.5) is 14.5 Å². The van der Waals surface area contributed by atoms with Crippen molar-refractivity contribution >= 4 is 23.4 Å². The van der Waals surface area contributed by atoms with Crippen molar-refractivity contribution in [1.82, 2.24) is 15.2 Å². The van der Waals surface area contributed by atoms with E-state index in [0.29, 0.717) is 0 Å². The first-order valence-corrected chi connectivity index (χ1v) is 7.08. The van der Waals surface area contributed by atoms with Crippen molar-refractivity contribution in [3.8, 4) is 0 Å². The van der Waals surface area contributed by atoms with Gasteiger partial charge < -0.3 is 4.74 Å². The molecule has 2 rings (SSSR count). The molecule has 8 nitrogen and oxygen atoms in total. The minimum absolute atomic E-state index is 0.0196. The van der Waals surface area contributed by atoms with E-state index in [2.05, 4.69) is 10.1 Å². The number of aromatic nitrogens is 3. The van der Waals surface area contributed by atoms with Gasteiger partial charge in [-0.25, -0.2) is 13.6 Å². The molecule has 1 heterocycles. The number of nitro benzene ring substituents is 1. The van der Waals surface area contributed by atoms with Gasteiger partial charge in [-0.1, -0.05) is 0 Å². The van der Waals surface area contributed by atoms with Crippen LogP contribution in [-0.4, -0.2) is 32.7 Å². The predicted molar refractivity (Wildman–Crippen MR) is 74.5 cm³/mol. The van der Waals surface area contributed by atoms with Crippen LogP contribution in [0.25, 0.3) is 0 Å². The van der Waals surface area contributed by atoms with Crippen molar-refractivity contribution < 1.29 is 23.2 Å². The molecule has 11 heteroatoms. The third kappa shape index (κ3) is 4.00. The lowest BCUT2D eigenvalue weighted by Crippen LogP contribution is -2.05. The Kier molecular flexibility index (Phi) is 5.21. The average molecular weight is 344 g/mol. The molecule has 0 aliphatic carbocycles. The number of nitro groups is 1. The van der Waals surface area contributed by atoms with E-state index >= 15 is 0 Å². The number of H-pyrrole nitrogens is 1. The van der Waals surface area contributed by atoms with E-state index in [4.69, 9.17) is 4.74 Å². The third-order valence-electron chi connectivity index (χ3n) is 2.56. The Morgan fingerprint density at radius 2 is 2.26 bits per heavy atom. The fraction of sp³-hybridized carbons (Fsp3) is 0.250. The first kappa shape index (κ1) is 16.8. The normalized spacial score (nSPS) is 10.8. The molecule has 1 aromatic carbocycles. The number of ether oxygens (including phenoxy) is 1. The second-order valence-electron chi connectivity index (χ2n) is 4.07. The van der Waals surface area contributed by atoms with E-state index in [9.17, 15) is 23.7 Å². The minimum Gasteiger partial charge on any atom is -0.462 e. The van der Waals surface area contributed by atoms with Crippen LogP contribution in [0, 0.1) is 10.1 Å². The second-order valence-corrected chi connectivity index (χ2v) is 5.08. The number of hydrogen-bond donors (Lipinski definition) is 1. The maximum Gasteiger partial charge on any atom is 0.338 e. The summed E-state index contributed by atoms with van der Waals surface area (Å²) in [5.41, 5.74) is -0.352. The largest absolute Gasteiger partial charge is 0.462 e. The number of nitrogens with zero attached hydrogens (tertiary/aromatic N) is 3. The molecule has 0 saturated heterocycles. The maximum absolute atomic E-state index is 12.4. The number of hydrogen-bond acceptors (Lipinski definition) is 7. The van der Waals surface area contributed by atoms with Gasteiger partial charge in [0, 0.05) is 6.07 Å². The van der Waals surface area contributed by atoms with Gasteiger partial charge in [-0.3, -0.25) is 15.2 Å². The SMILES string of the molecule is CCOC(=O)c1ccc(Sc2n[nH]c(C(F)F)n2)c([N+](=O)[O-])c1. The smallest absolute Gasteiger partial charge is 0.338 e. The Morgan fingerprint density at radius 1 is 1.52 bits per heavy atom. The molecule has 0 aliphatic heterocycles. The Hall–Kier alpha value is -2.56. The summed E-state index contributed by atoms with van der Waals surface area (Å²) in [5.74, 6) is -1.32. The Balaban J connectivity index is 2.30. The van der Waals surface area contributed by atoms with Crippen LogP contribution >= 0.6 is 11.8 Å². The van der Waals surface area contributed by atoms with Crippen LogP contribution in [-0.2, 0) is 4.74 Å². The maximum atomic E-state index is 12.4. The number of esters is 1. The number of halogens is 2. The van der Waals surface area contributed by atoms with Crippen molar-refractivity contribution in [3.63, 3.8) is 0 Å². The van der Waals surface area contributed by atoms with Crippen molar-refractivity contribution in [2.24, 2.45) is 0 Å². The van der Waals surface area contributed by atoms with Gasteiger partial charge in [-0.15, -0.1) is 5.10 Å². The van der Waals surface area contributed by atoms with Gasteiger partial charge in [-0.2, -0.15) is 4.98 Å². The molecule has 0 radical (unpaired) electrons. The van der Waals surface area contributed by atoms with Crippen LogP contribution in [0.3, 0.4) is 0 Å². The fourth-order valence-electron chi connectivity index (χ4n) is 1.59. The second kappa shape index (κ2) is 7.13. The van der Waals surface area contributed by atoms with Crippen LogP contribution in [0.15, 0.2) is 28.3 Å². The highest BCUT2D eigenvalue weighted by atomic mass is 32.2. The molecule has 1 N–H and O–H groups in total. The zero-order valence-corrected chi connectivity index (χ0v) is 12.5. The van der Waals surface area contributed by atoms with Gasteiger partial charge in [-0.05, 0) is 30.8 Å². The summed E-state index contributed by atoms with van der Waals surface area (Å²) < 4.78 is 29.6. The highest BCUT2D eigenvalue weighted by Gasteiger charge is 2.21. The molecule has 0 bridgehead atoms. The molecule has 0 fully saturated rings. The van der Waals surface area contributed by atoms with Crippen molar-refractivity contribution in [3.05, 3.63) is 39.7 Å². The molecule has 122 valence electrons. The lowest BCUT2D eigenvalue weighted by molar-refractivity contribution is -0.387. The molecule has 0 unspecified atom stereocenters. The fourth-order valence-corrected chi connectivity index (χ4v) is 2.39. The summed E-state index contributed by atoms with van der Waals surface area (Å²) in [7, 11) is 0. The van der Waals surface area contributed by atoms with E-state index in [1.165, 1.54) is 12.1 Å². The van der Waals surface area contributed by atoms with E-state index < -0.39 is 23.1 Å². The molecule has 2 aromatic rings. The monoisotopic (exact) mass is 344 g/mol. The van der Waals surface area contributed by atoms with E-state index in [1.807, 2.05) is 5.10 Å². The summed E-state index contributed by atoms with van der Waals surface area (Å²) in [4.78, 5) is 25.7. The number of aromatic amines is 1. The van der Waals surface area contributed by atoms with Gasteiger partial charge in [0.25, 0.3) is 12.1 Å². The summed E-state index contributed by atoms with van der Waals surface area (Å²) in [5, 5.41) is 16.6. The average Bonchev–Trinajstić information content (AvgIpc) is 2.96. The summed E-state index contributed by atoms with van der Waals surface area (Å²) >= 11 is 0.734. The number of rotatable bonds is 6. The number of alkyl halides is 2. The molecule has 0 saturated carbocycles. The Bertz CT molecular complexity index is 738. The number of benzene rings is 1. The van der Waals surface area contributed by atoms with Crippen LogP contribution in [0.5, 0.6) is 0 Å². The Labute approximate surface area is 132 Å². The van der Waals surface area contributed by atoms with Crippen LogP contribution < -0.4 is 0 Å². The van der Waals surface area contributed by atoms with Crippen molar-refractivity contribution in [1.29, 1.82) is 0 Å². The van der Waals surface area contributed by atoms with Crippen molar-refractivity contribution in [2.75, 3.05) is 6.61 Å². The van der Waals surface area contributed by atoms with Gasteiger partial charge in [0.1, 0.15) is 0 Å². The third-order valence-corrected chi connectivity index (χ3v) is 3.49. The molecule has 0 aliphatic rings. The number of carbonyl (C=O) groups is 1. The van der Waals surface area contributed by atoms with Gasteiger partial charge >= 0.3 is 5.97 Å². The predicted octanol–water partition coefficient (Wildman–Crippen LogP) is 2.98. The highest BCUT2D eigenvalue weighted by molar-refractivity contribution is 7.99. The van der Waals surface area contributed by atoms with Crippen LogP contribution in [0.1, 0.15) is 29.5 Å². The lowest BCUT2D eigenvalue weighted by Gasteiger charge is -2.04. The summed E-state index contributed by atoms with van der Waals surface area (Å²) in [6.07, 6.45) is -2.82. The van der Waals surface area contributed by atoms with Crippen LogP contribution in [0.2, 0.25) is 0 Å². The first-order valence-electron chi connectivity index (χ1n) is 6.26. The highest BCUT2D eigenvalue weighted by Crippen LogP contribution is 2.34. The topological polar surface area (TPSA) is 111 Å². The molecule has 0 spiro atoms. The quantitative estimate of drug-likeness (QED) is 0.487. The molecule has 0 amide bonds. The van der Waals surface area contributed by atoms with Gasteiger partial charge in [0.2, 0.25) is 5.16 Å².